The minimum absolute atomic E-state index is 0. The Morgan fingerprint density at radius 1 is 1.20 bits per heavy atom. The molecule has 1 aromatic carbocycles. The molecule has 0 bridgehead atoms. The molecule has 2 aliphatic heterocycles. The van der Waals surface area contributed by atoms with Crippen molar-refractivity contribution in [3.8, 4) is 0 Å². The Kier molecular flexibility index (Phi) is 6.72. The quantitative estimate of drug-likeness (QED) is 0.805. The summed E-state index contributed by atoms with van der Waals surface area (Å²) in [4.78, 5) is 28.4. The molecular weight excluding hydrogens is 361 g/mol. The van der Waals surface area contributed by atoms with Gasteiger partial charge in [0.2, 0.25) is 11.8 Å². The van der Waals surface area contributed by atoms with E-state index in [-0.39, 0.29) is 36.2 Å². The van der Waals surface area contributed by atoms with Gasteiger partial charge in [-0.15, -0.1) is 12.4 Å². The lowest BCUT2D eigenvalue weighted by Gasteiger charge is -2.33. The number of fused-ring (bicyclic) bond motifs is 1. The molecule has 0 aromatic heterocycles. The lowest BCUT2D eigenvalue weighted by atomic mass is 9.96. The van der Waals surface area contributed by atoms with Crippen LogP contribution in [0.1, 0.15) is 30.9 Å². The maximum Gasteiger partial charge on any atom is 0.227 e. The standard InChI is InChI=1S/C18H24ClN3O2.ClH/c1-12(23)22-10-14(5-6-15(20)11-22)18(24)21-8-7-16-13(9-21)3-2-4-17(16)19;/h2-4,14-15H,5-11,20H2,1H3;1H/t14-,15+;/m1./s1. The highest BCUT2D eigenvalue weighted by Gasteiger charge is 2.32. The van der Waals surface area contributed by atoms with Crippen LogP contribution in [0.25, 0.3) is 0 Å². The van der Waals surface area contributed by atoms with Crippen LogP contribution < -0.4 is 5.73 Å². The number of likely N-dealkylation sites (tertiary alicyclic amines) is 1. The van der Waals surface area contributed by atoms with Gasteiger partial charge in [0.15, 0.2) is 0 Å². The van der Waals surface area contributed by atoms with Gasteiger partial charge in [-0.2, -0.15) is 0 Å². The fourth-order valence-corrected chi connectivity index (χ4v) is 3.98. The van der Waals surface area contributed by atoms with Gasteiger partial charge in [0.05, 0.1) is 5.92 Å². The summed E-state index contributed by atoms with van der Waals surface area (Å²) in [6.07, 6.45) is 2.29. The van der Waals surface area contributed by atoms with E-state index in [2.05, 4.69) is 0 Å². The molecule has 0 saturated carbocycles. The molecule has 2 atom stereocenters. The number of carbonyl (C=O) groups excluding carboxylic acids is 2. The number of nitrogens with two attached hydrogens (primary N) is 1. The molecular formula is C18H25Cl2N3O2. The summed E-state index contributed by atoms with van der Waals surface area (Å²) in [5, 5.41) is 0.780. The van der Waals surface area contributed by atoms with Crippen LogP contribution in [0.15, 0.2) is 18.2 Å². The van der Waals surface area contributed by atoms with E-state index in [1.807, 2.05) is 23.1 Å². The number of halogens is 2. The minimum Gasteiger partial charge on any atom is -0.341 e. The Labute approximate surface area is 159 Å². The van der Waals surface area contributed by atoms with E-state index in [9.17, 15) is 9.59 Å². The zero-order valence-electron chi connectivity index (χ0n) is 14.4. The second-order valence-electron chi connectivity index (χ2n) is 6.85. The highest BCUT2D eigenvalue weighted by atomic mass is 35.5. The van der Waals surface area contributed by atoms with Crippen molar-refractivity contribution in [3.05, 3.63) is 34.3 Å². The normalized spacial score (nSPS) is 23.3. The number of carbonyl (C=O) groups is 2. The monoisotopic (exact) mass is 385 g/mol. The van der Waals surface area contributed by atoms with Crippen LogP contribution in [0, 0.1) is 5.92 Å². The molecule has 1 aromatic rings. The third kappa shape index (κ3) is 4.46. The first-order valence-electron chi connectivity index (χ1n) is 8.52. The first kappa shape index (κ1) is 20.0. The topological polar surface area (TPSA) is 66.6 Å². The van der Waals surface area contributed by atoms with Gasteiger partial charge in [0, 0.05) is 44.2 Å². The van der Waals surface area contributed by atoms with Gasteiger partial charge in [-0.1, -0.05) is 23.7 Å². The van der Waals surface area contributed by atoms with Gasteiger partial charge < -0.3 is 15.5 Å². The summed E-state index contributed by atoms with van der Waals surface area (Å²) in [5.41, 5.74) is 8.32. The van der Waals surface area contributed by atoms with Crippen molar-refractivity contribution in [2.45, 2.75) is 38.8 Å². The lowest BCUT2D eigenvalue weighted by Crippen LogP contribution is -2.44. The molecule has 7 heteroatoms. The van der Waals surface area contributed by atoms with Crippen LogP contribution in [0.4, 0.5) is 0 Å². The number of hydrogen-bond donors (Lipinski definition) is 1. The molecule has 138 valence electrons. The molecule has 0 radical (unpaired) electrons. The number of nitrogens with zero attached hydrogens (tertiary/aromatic N) is 2. The van der Waals surface area contributed by atoms with E-state index < -0.39 is 0 Å². The van der Waals surface area contributed by atoms with Crippen molar-refractivity contribution in [3.63, 3.8) is 0 Å². The predicted molar refractivity (Wildman–Crippen MR) is 101 cm³/mol. The molecule has 25 heavy (non-hydrogen) atoms. The summed E-state index contributed by atoms with van der Waals surface area (Å²) >= 11 is 6.25. The van der Waals surface area contributed by atoms with E-state index in [0.717, 1.165) is 35.4 Å². The van der Waals surface area contributed by atoms with Gasteiger partial charge in [0.1, 0.15) is 0 Å². The summed E-state index contributed by atoms with van der Waals surface area (Å²) < 4.78 is 0. The Morgan fingerprint density at radius 2 is 1.96 bits per heavy atom. The SMILES string of the molecule is CC(=O)N1C[C@@H](N)CC[C@@H](C(=O)N2CCc3c(Cl)cccc3C2)C1.Cl. The predicted octanol–water partition coefficient (Wildman–Crippen LogP) is 2.23. The highest BCUT2D eigenvalue weighted by molar-refractivity contribution is 6.31. The Hall–Kier alpha value is -1.30. The molecule has 1 fully saturated rings. The zero-order chi connectivity index (χ0) is 17.3. The van der Waals surface area contributed by atoms with E-state index >= 15 is 0 Å². The van der Waals surface area contributed by atoms with Crippen molar-refractivity contribution in [1.82, 2.24) is 9.80 Å². The van der Waals surface area contributed by atoms with Crippen molar-refractivity contribution in [2.75, 3.05) is 19.6 Å². The van der Waals surface area contributed by atoms with Crippen molar-refractivity contribution < 1.29 is 9.59 Å². The summed E-state index contributed by atoms with van der Waals surface area (Å²) in [6, 6.07) is 5.81. The third-order valence-electron chi connectivity index (χ3n) is 5.10. The molecule has 2 N–H and O–H groups in total. The van der Waals surface area contributed by atoms with Gasteiger partial charge in [-0.25, -0.2) is 0 Å². The lowest BCUT2D eigenvalue weighted by molar-refractivity contribution is -0.138. The molecule has 2 heterocycles. The molecule has 1 saturated heterocycles. The average molecular weight is 386 g/mol. The maximum atomic E-state index is 13.0. The second kappa shape index (κ2) is 8.39. The minimum atomic E-state index is -0.164. The highest BCUT2D eigenvalue weighted by Crippen LogP contribution is 2.28. The van der Waals surface area contributed by atoms with Crippen LogP contribution in [0.3, 0.4) is 0 Å². The molecule has 2 aliphatic rings. The number of amides is 2. The van der Waals surface area contributed by atoms with E-state index in [4.69, 9.17) is 17.3 Å². The van der Waals surface area contributed by atoms with Crippen LogP contribution in [0.2, 0.25) is 5.02 Å². The Bertz CT molecular complexity index is 653. The van der Waals surface area contributed by atoms with Gasteiger partial charge in [-0.05, 0) is 36.5 Å². The molecule has 0 spiro atoms. The molecule has 3 rings (SSSR count). The summed E-state index contributed by atoms with van der Waals surface area (Å²) in [6.45, 7) is 3.83. The average Bonchev–Trinajstić information content (AvgIpc) is 2.76. The van der Waals surface area contributed by atoms with E-state index in [0.29, 0.717) is 26.2 Å². The maximum absolute atomic E-state index is 13.0. The van der Waals surface area contributed by atoms with Gasteiger partial charge in [-0.3, -0.25) is 9.59 Å². The fourth-order valence-electron chi connectivity index (χ4n) is 3.69. The molecule has 5 nitrogen and oxygen atoms in total. The van der Waals surface area contributed by atoms with Gasteiger partial charge in [0.25, 0.3) is 0 Å². The largest absolute Gasteiger partial charge is 0.341 e. The molecule has 0 unspecified atom stereocenters. The third-order valence-corrected chi connectivity index (χ3v) is 5.45. The first-order chi connectivity index (χ1) is 11.5. The van der Waals surface area contributed by atoms with Crippen LogP contribution in [-0.4, -0.2) is 47.3 Å². The van der Waals surface area contributed by atoms with Crippen molar-refractivity contribution >= 4 is 35.8 Å². The number of rotatable bonds is 1. The summed E-state index contributed by atoms with van der Waals surface area (Å²) in [7, 11) is 0. The summed E-state index contributed by atoms with van der Waals surface area (Å²) in [5.74, 6) is -0.0509. The van der Waals surface area contributed by atoms with Crippen LogP contribution in [0.5, 0.6) is 0 Å². The van der Waals surface area contributed by atoms with Crippen LogP contribution >= 0.6 is 24.0 Å². The zero-order valence-corrected chi connectivity index (χ0v) is 16.0. The number of benzene rings is 1. The fraction of sp³-hybridized carbons (Fsp3) is 0.556. The van der Waals surface area contributed by atoms with Crippen LogP contribution in [-0.2, 0) is 22.6 Å². The molecule has 2 amide bonds. The van der Waals surface area contributed by atoms with E-state index in [1.54, 1.807) is 11.8 Å². The van der Waals surface area contributed by atoms with Crippen molar-refractivity contribution in [1.29, 1.82) is 0 Å². The van der Waals surface area contributed by atoms with E-state index in [1.165, 1.54) is 0 Å². The Balaban J connectivity index is 0.00000225. The number of hydrogen-bond acceptors (Lipinski definition) is 3. The Morgan fingerprint density at radius 3 is 2.68 bits per heavy atom. The first-order valence-corrected chi connectivity index (χ1v) is 8.89. The molecule has 0 aliphatic carbocycles. The van der Waals surface area contributed by atoms with Gasteiger partial charge >= 0.3 is 0 Å². The smallest absolute Gasteiger partial charge is 0.227 e. The second-order valence-corrected chi connectivity index (χ2v) is 7.25. The van der Waals surface area contributed by atoms with Crippen molar-refractivity contribution in [2.24, 2.45) is 11.7 Å².